The van der Waals surface area contributed by atoms with Crippen molar-refractivity contribution in [3.05, 3.63) is 145 Å². The number of hydrogen-bond donors (Lipinski definition) is 12. The Morgan fingerprint density at radius 2 is 0.618 bits per heavy atom. The van der Waals surface area contributed by atoms with E-state index in [4.69, 9.17) is 9.47 Å². The number of nitrogens with one attached hydrogen (secondary N) is 4. The Bertz CT molecular complexity index is 3500. The molecule has 8 rings (SSSR count). The Balaban J connectivity index is 0.833. The highest BCUT2D eigenvalue weighted by molar-refractivity contribution is 8.76. The maximum Gasteiger partial charge on any atom is 0.488 e. The van der Waals surface area contributed by atoms with E-state index in [2.05, 4.69) is 62.5 Å². The van der Waals surface area contributed by atoms with Gasteiger partial charge in [-0.25, -0.2) is 18.7 Å². The van der Waals surface area contributed by atoms with Gasteiger partial charge in [-0.05, 0) is 147 Å². The van der Waals surface area contributed by atoms with Gasteiger partial charge >= 0.3 is 40.4 Å². The predicted molar refractivity (Wildman–Crippen MR) is 384 cm³/mol. The van der Waals surface area contributed by atoms with Crippen LogP contribution in [0.15, 0.2) is 122 Å². The Kier molecular flexibility index (Phi) is 32.2. The highest BCUT2D eigenvalue weighted by Gasteiger charge is 2.28. The summed E-state index contributed by atoms with van der Waals surface area (Å²) in [6, 6.07) is 25.1. The first kappa shape index (κ1) is 78.6. The summed E-state index contributed by atoms with van der Waals surface area (Å²) < 4.78 is 18.3. The van der Waals surface area contributed by atoms with Gasteiger partial charge in [-0.2, -0.15) is 0 Å². The molecule has 0 saturated carbocycles. The Labute approximate surface area is 597 Å². The number of nitrogens with zero attached hydrogens (tertiary/aromatic N) is 12. The lowest BCUT2D eigenvalue weighted by atomic mass is 9.80. The first-order valence-corrected chi connectivity index (χ1v) is 35.9. The minimum Gasteiger partial charge on any atom is -0.464 e. The van der Waals surface area contributed by atoms with Crippen LogP contribution in [-0.4, -0.2) is 189 Å². The van der Waals surface area contributed by atoms with Gasteiger partial charge in [0.2, 0.25) is 23.6 Å². The molecule has 0 aliphatic rings. The Morgan fingerprint density at radius 1 is 0.373 bits per heavy atom. The molecule has 12 N–H and O–H groups in total. The van der Waals surface area contributed by atoms with Crippen molar-refractivity contribution in [1.82, 2.24) is 60.0 Å². The molecule has 0 fully saturated rings. The summed E-state index contributed by atoms with van der Waals surface area (Å²) in [7, 11) is -3.89. The van der Waals surface area contributed by atoms with Crippen molar-refractivity contribution < 1.29 is 78.4 Å². The molecule has 4 aromatic carbocycles. The zero-order valence-electron chi connectivity index (χ0n) is 56.0. The number of unbranched alkanes of at least 4 members (excludes halogenated alkanes) is 4. The van der Waals surface area contributed by atoms with E-state index in [9.17, 15) is 69.0 Å². The molecule has 0 aliphatic carbocycles. The van der Waals surface area contributed by atoms with E-state index in [1.54, 1.807) is 92.0 Å². The molecule has 38 heteroatoms. The van der Waals surface area contributed by atoms with E-state index in [1.165, 1.54) is 70.1 Å². The number of rotatable bonds is 45. The third-order valence-electron chi connectivity index (χ3n) is 16.2. The lowest BCUT2D eigenvalue weighted by Crippen LogP contribution is -2.30. The highest BCUT2D eigenvalue weighted by atomic mass is 33.1. The van der Waals surface area contributed by atoms with Gasteiger partial charge in [0, 0.05) is 59.9 Å². The molecular weight excluding hydrogens is 1360 g/mol. The van der Waals surface area contributed by atoms with Gasteiger partial charge in [0.1, 0.15) is 13.2 Å². The summed E-state index contributed by atoms with van der Waals surface area (Å²) in [5.74, 6) is -2.96. The fraction of sp³-hybridized carbons (Fsp3) is 0.406. The van der Waals surface area contributed by atoms with Crippen LogP contribution < -0.4 is 43.1 Å². The van der Waals surface area contributed by atoms with Crippen molar-refractivity contribution in [3.63, 3.8) is 0 Å². The van der Waals surface area contributed by atoms with Crippen molar-refractivity contribution in [3.8, 4) is 0 Å². The van der Waals surface area contributed by atoms with Crippen LogP contribution in [0.4, 0.5) is 22.7 Å². The van der Waals surface area contributed by atoms with Crippen molar-refractivity contribution in [1.29, 1.82) is 0 Å². The second-order valence-electron chi connectivity index (χ2n) is 24.0. The normalized spacial score (nSPS) is 11.2. The predicted octanol–water partition coefficient (Wildman–Crippen LogP) is -0.0214. The van der Waals surface area contributed by atoms with Crippen LogP contribution in [-0.2, 0) is 90.1 Å². The van der Waals surface area contributed by atoms with Crippen molar-refractivity contribution in [2.75, 3.05) is 46.0 Å². The third-order valence-corrected chi connectivity index (χ3v) is 18.5. The highest BCUT2D eigenvalue weighted by Crippen LogP contribution is 2.23. The topological polar surface area (TPSA) is 454 Å². The number of hydrogen-bond acceptors (Lipinski definition) is 26. The zero-order chi connectivity index (χ0) is 72.6. The van der Waals surface area contributed by atoms with Crippen LogP contribution >= 0.6 is 21.6 Å². The molecule has 538 valence electrons. The minimum absolute atomic E-state index is 0.0291. The number of carbonyl (C=O) groups excluding carboxylic acids is 6. The van der Waals surface area contributed by atoms with Gasteiger partial charge in [-0.1, -0.05) is 91.0 Å². The van der Waals surface area contributed by atoms with E-state index in [-0.39, 0.29) is 111 Å². The second-order valence-corrected chi connectivity index (χ2v) is 26.7. The van der Waals surface area contributed by atoms with Crippen LogP contribution in [0.2, 0.25) is 0 Å². The van der Waals surface area contributed by atoms with Crippen molar-refractivity contribution in [2.24, 2.45) is 11.8 Å². The van der Waals surface area contributed by atoms with Gasteiger partial charge in [0.05, 0.1) is 85.6 Å². The number of amides is 4. The van der Waals surface area contributed by atoms with E-state index in [0.717, 1.165) is 22.8 Å². The molecule has 4 aromatic heterocycles. The molecule has 4 heterocycles. The molecule has 0 aliphatic heterocycles. The molecule has 0 saturated heterocycles. The van der Waals surface area contributed by atoms with E-state index in [1.807, 2.05) is 0 Å². The molecular formula is C64H82B4N16O16S2. The number of carbonyl (C=O) groups is 6. The first-order valence-electron chi connectivity index (χ1n) is 33.4. The quantitative estimate of drug-likeness (QED) is 0.0103. The van der Waals surface area contributed by atoms with Gasteiger partial charge in [0.15, 0.2) is 0 Å². The minimum atomic E-state index is -1.68. The number of ether oxygens (including phenoxy) is 2. The number of benzene rings is 4. The standard InChI is InChI=1S/C64H82B4N16O16S2/c85-59(73-51-17-9-13-47(33-51)65(91)92)25-5-1-21-55-37-69-77-81(55)41-45(42-82-56(38-70-78-82)22-2-6-26-60(86)74-52-18-10-14-48(34-52)66(93)94)63(89)99-29-31-101-102-32-30-100-64(90)46(43-83-57(39-71-79-83)23-3-7-27-61(87)75-53-19-11-15-49(35-53)67(95)96)44-84-58(40-72-80-84)24-4-8-28-62(88)76-54-20-12-16-50(36-54)68(97)98/h9-20,33-40,45-46,91-98H,1-8,21-32,41-44H2,(H,73,85)(H,74,86)(H,75,87)(H,76,88). The molecule has 102 heavy (non-hydrogen) atoms. The summed E-state index contributed by atoms with van der Waals surface area (Å²) in [6.07, 6.45) is 13.4. The number of anilines is 4. The van der Waals surface area contributed by atoms with Crippen LogP contribution in [0.3, 0.4) is 0 Å². The van der Waals surface area contributed by atoms with Gasteiger partial charge < -0.3 is 70.9 Å². The van der Waals surface area contributed by atoms with Crippen LogP contribution in [0, 0.1) is 11.8 Å². The number of aryl methyl sites for hydroxylation is 4. The first-order chi connectivity index (χ1) is 49.3. The molecule has 0 bridgehead atoms. The average Bonchev–Trinajstić information content (AvgIpc) is 1.96. The van der Waals surface area contributed by atoms with Crippen LogP contribution in [0.1, 0.15) is 99.8 Å². The Hall–Kier alpha value is -9.10. The molecule has 8 aromatic rings. The monoisotopic (exact) mass is 1440 g/mol. The molecule has 4 amide bonds. The maximum absolute atomic E-state index is 14.2. The number of esters is 2. The van der Waals surface area contributed by atoms with Crippen LogP contribution in [0.5, 0.6) is 0 Å². The van der Waals surface area contributed by atoms with Crippen molar-refractivity contribution in [2.45, 2.75) is 129 Å². The van der Waals surface area contributed by atoms with E-state index >= 15 is 0 Å². The Morgan fingerprint density at radius 3 is 0.853 bits per heavy atom. The summed E-state index contributed by atoms with van der Waals surface area (Å²) in [5.41, 5.74) is 5.58. The van der Waals surface area contributed by atoms with Crippen molar-refractivity contribution >= 4 is 130 Å². The molecule has 0 unspecified atom stereocenters. The summed E-state index contributed by atoms with van der Waals surface area (Å²) in [6.45, 7) is 0.322. The summed E-state index contributed by atoms with van der Waals surface area (Å²) in [5, 5.41) is 121. The SMILES string of the molecule is O=C(CCCCc1cnnn1CC(Cn1nncc1CCCCC(=O)Nc1cccc(B(O)O)c1)C(=O)OCCSSCCOC(=O)C(Cn1nncc1CCCCC(=O)Nc1cccc(B(O)O)c1)Cn1nncc1CCCCC(=O)Nc1cccc(B(O)O)c1)Nc1cccc(B(O)O)c1. The second kappa shape index (κ2) is 41.7. The van der Waals surface area contributed by atoms with Crippen LogP contribution in [0.25, 0.3) is 0 Å². The lowest BCUT2D eigenvalue weighted by Gasteiger charge is -2.18. The van der Waals surface area contributed by atoms with E-state index in [0.29, 0.717) is 111 Å². The smallest absolute Gasteiger partial charge is 0.464 e. The zero-order valence-corrected chi connectivity index (χ0v) is 57.6. The summed E-state index contributed by atoms with van der Waals surface area (Å²) >= 11 is 0. The fourth-order valence-electron chi connectivity index (χ4n) is 10.8. The lowest BCUT2D eigenvalue weighted by molar-refractivity contribution is -0.150. The molecule has 0 atom stereocenters. The van der Waals surface area contributed by atoms with E-state index < -0.39 is 52.2 Å². The molecule has 32 nitrogen and oxygen atoms in total. The average molecular weight is 1440 g/mol. The fourth-order valence-corrected chi connectivity index (χ4v) is 12.5. The van der Waals surface area contributed by atoms with Gasteiger partial charge in [-0.3, -0.25) is 28.8 Å². The number of aromatic nitrogens is 12. The molecule has 0 spiro atoms. The molecule has 0 radical (unpaired) electrons. The largest absolute Gasteiger partial charge is 0.488 e. The third kappa shape index (κ3) is 26.7. The van der Waals surface area contributed by atoms with Gasteiger partial charge in [0.25, 0.3) is 0 Å². The summed E-state index contributed by atoms with van der Waals surface area (Å²) in [4.78, 5) is 79.5. The van der Waals surface area contributed by atoms with Gasteiger partial charge in [-0.15, -0.1) is 20.4 Å². The maximum atomic E-state index is 14.2.